The van der Waals surface area contributed by atoms with Crippen LogP contribution in [0.2, 0.25) is 5.02 Å². The van der Waals surface area contributed by atoms with Crippen LogP contribution in [0.1, 0.15) is 16.1 Å². The van der Waals surface area contributed by atoms with E-state index in [0.29, 0.717) is 22.9 Å². The summed E-state index contributed by atoms with van der Waals surface area (Å²) in [6, 6.07) is 9.89. The molecule has 0 spiro atoms. The molecule has 2 aromatic rings. The highest BCUT2D eigenvalue weighted by Gasteiger charge is 2.34. The zero-order valence-electron chi connectivity index (χ0n) is 11.2. The van der Waals surface area contributed by atoms with E-state index in [9.17, 15) is 4.79 Å². The molecule has 0 bridgehead atoms. The van der Waals surface area contributed by atoms with Crippen LogP contribution in [0.5, 0.6) is 0 Å². The van der Waals surface area contributed by atoms with Crippen molar-refractivity contribution in [2.24, 2.45) is 0 Å². The Morgan fingerprint density at radius 1 is 1.18 bits per heavy atom. The van der Waals surface area contributed by atoms with Crippen molar-refractivity contribution in [3.05, 3.63) is 59.0 Å². The summed E-state index contributed by atoms with van der Waals surface area (Å²) in [5, 5.41) is 6.08. The fourth-order valence-electron chi connectivity index (χ4n) is 1.68. The van der Waals surface area contributed by atoms with Gasteiger partial charge in [0, 0.05) is 10.6 Å². The van der Waals surface area contributed by atoms with Crippen molar-refractivity contribution in [3.63, 3.8) is 0 Å². The highest BCUT2D eigenvalue weighted by Crippen LogP contribution is 2.29. The number of hydrogen-bond donors (Lipinski definition) is 2. The maximum absolute atomic E-state index is 12.2. The topological polar surface area (TPSA) is 54.3 Å². The van der Waals surface area contributed by atoms with E-state index in [1.165, 1.54) is 6.26 Å². The van der Waals surface area contributed by atoms with Crippen LogP contribution in [0, 0.1) is 0 Å². The first-order valence-corrected chi connectivity index (χ1v) is 7.76. The zero-order valence-corrected chi connectivity index (χ0v) is 14.2. The first-order chi connectivity index (χ1) is 10.4. The van der Waals surface area contributed by atoms with Gasteiger partial charge in [-0.05, 0) is 36.4 Å². The van der Waals surface area contributed by atoms with Crippen LogP contribution in [-0.4, -0.2) is 15.9 Å². The summed E-state index contributed by atoms with van der Waals surface area (Å²) in [5.41, 5.74) is 0.406. The number of halogens is 4. The first-order valence-electron chi connectivity index (χ1n) is 6.25. The first kappa shape index (κ1) is 17.4. The number of furan rings is 1. The fourth-order valence-corrected chi connectivity index (χ4v) is 2.20. The lowest BCUT2D eigenvalue weighted by Crippen LogP contribution is -2.53. The van der Waals surface area contributed by atoms with Gasteiger partial charge in [0.05, 0.1) is 12.8 Å². The molecule has 1 aromatic heterocycles. The molecule has 1 aromatic carbocycles. The second-order valence-electron chi connectivity index (χ2n) is 4.42. The average Bonchev–Trinajstić information content (AvgIpc) is 2.96. The minimum absolute atomic E-state index is 0.298. The normalized spacial score (nSPS) is 12.9. The maximum atomic E-state index is 12.2. The van der Waals surface area contributed by atoms with Gasteiger partial charge in [-0.3, -0.25) is 10.1 Å². The standard InChI is InChI=1S/C14H12Cl4N2O2/c15-10-5-3-9(4-6-10)12(21)20-13(14(16,17)18)19-8-11-2-1-7-22-11/h1-7,13,19H,8H2,(H,20,21). The number of rotatable bonds is 5. The molecule has 4 nitrogen and oxygen atoms in total. The lowest BCUT2D eigenvalue weighted by atomic mass is 10.2. The third kappa shape index (κ3) is 5.07. The number of nitrogens with one attached hydrogen (secondary N) is 2. The van der Waals surface area contributed by atoms with Crippen molar-refractivity contribution in [1.29, 1.82) is 0 Å². The Bertz CT molecular complexity index is 609. The Kier molecular flexibility index (Phi) is 6.01. The second kappa shape index (κ2) is 7.57. The number of carbonyl (C=O) groups is 1. The minimum atomic E-state index is -1.73. The van der Waals surface area contributed by atoms with Crippen molar-refractivity contribution in [1.82, 2.24) is 10.6 Å². The van der Waals surface area contributed by atoms with E-state index < -0.39 is 9.96 Å². The summed E-state index contributed by atoms with van der Waals surface area (Å²) in [4.78, 5) is 12.2. The monoisotopic (exact) mass is 380 g/mol. The number of benzene rings is 1. The Morgan fingerprint density at radius 2 is 1.86 bits per heavy atom. The molecule has 0 aliphatic heterocycles. The second-order valence-corrected chi connectivity index (χ2v) is 7.22. The Morgan fingerprint density at radius 3 is 2.41 bits per heavy atom. The molecule has 2 N–H and O–H groups in total. The van der Waals surface area contributed by atoms with Gasteiger partial charge in [-0.15, -0.1) is 0 Å². The summed E-state index contributed by atoms with van der Waals surface area (Å²) < 4.78 is 3.45. The van der Waals surface area contributed by atoms with Crippen LogP contribution in [0.4, 0.5) is 0 Å². The molecule has 2 rings (SSSR count). The van der Waals surface area contributed by atoms with E-state index in [-0.39, 0.29) is 5.91 Å². The molecule has 0 aliphatic rings. The number of carbonyl (C=O) groups excluding carboxylic acids is 1. The van der Waals surface area contributed by atoms with Gasteiger partial charge in [0.1, 0.15) is 11.9 Å². The van der Waals surface area contributed by atoms with Crippen molar-refractivity contribution in [2.45, 2.75) is 16.5 Å². The van der Waals surface area contributed by atoms with Crippen molar-refractivity contribution in [3.8, 4) is 0 Å². The van der Waals surface area contributed by atoms with Crippen LogP contribution < -0.4 is 10.6 Å². The molecule has 0 saturated carbocycles. The minimum Gasteiger partial charge on any atom is -0.468 e. The van der Waals surface area contributed by atoms with E-state index in [1.54, 1.807) is 36.4 Å². The lowest BCUT2D eigenvalue weighted by molar-refractivity contribution is 0.0928. The van der Waals surface area contributed by atoms with E-state index in [4.69, 9.17) is 50.8 Å². The lowest BCUT2D eigenvalue weighted by Gasteiger charge is -2.26. The van der Waals surface area contributed by atoms with Crippen molar-refractivity contribution >= 4 is 52.3 Å². The molecule has 1 amide bonds. The molecular weight excluding hydrogens is 370 g/mol. The van der Waals surface area contributed by atoms with E-state index in [0.717, 1.165) is 0 Å². The van der Waals surface area contributed by atoms with Gasteiger partial charge in [0.2, 0.25) is 3.79 Å². The fraction of sp³-hybridized carbons (Fsp3) is 0.214. The quantitative estimate of drug-likeness (QED) is 0.604. The third-order valence-corrected chi connectivity index (χ3v) is 3.68. The van der Waals surface area contributed by atoms with Crippen LogP contribution in [0.25, 0.3) is 0 Å². The Hall–Kier alpha value is -0.910. The van der Waals surface area contributed by atoms with Gasteiger partial charge in [-0.25, -0.2) is 0 Å². The van der Waals surface area contributed by atoms with Crippen molar-refractivity contribution in [2.75, 3.05) is 0 Å². The van der Waals surface area contributed by atoms with Crippen LogP contribution in [0.3, 0.4) is 0 Å². The molecule has 22 heavy (non-hydrogen) atoms. The van der Waals surface area contributed by atoms with E-state index in [1.807, 2.05) is 0 Å². The summed E-state index contributed by atoms with van der Waals surface area (Å²) >= 11 is 23.5. The van der Waals surface area contributed by atoms with E-state index >= 15 is 0 Å². The summed E-state index contributed by atoms with van der Waals surface area (Å²) in [6.45, 7) is 0.298. The van der Waals surface area contributed by atoms with Crippen LogP contribution >= 0.6 is 46.4 Å². The SMILES string of the molecule is O=C(NC(NCc1ccco1)C(Cl)(Cl)Cl)c1ccc(Cl)cc1. The zero-order chi connectivity index (χ0) is 16.2. The van der Waals surface area contributed by atoms with Gasteiger partial charge in [0.25, 0.3) is 5.91 Å². The van der Waals surface area contributed by atoms with Gasteiger partial charge in [-0.2, -0.15) is 0 Å². The van der Waals surface area contributed by atoms with Crippen molar-refractivity contribution < 1.29 is 9.21 Å². The molecule has 0 fully saturated rings. The van der Waals surface area contributed by atoms with Gasteiger partial charge in [-0.1, -0.05) is 46.4 Å². The molecule has 0 saturated heterocycles. The highest BCUT2D eigenvalue weighted by molar-refractivity contribution is 6.68. The highest BCUT2D eigenvalue weighted by atomic mass is 35.6. The summed E-state index contributed by atoms with van der Waals surface area (Å²) in [6.07, 6.45) is 0.638. The maximum Gasteiger partial charge on any atom is 0.252 e. The smallest absolute Gasteiger partial charge is 0.252 e. The molecule has 1 heterocycles. The molecule has 8 heteroatoms. The van der Waals surface area contributed by atoms with Gasteiger partial charge < -0.3 is 9.73 Å². The molecule has 118 valence electrons. The predicted octanol–water partition coefficient (Wildman–Crippen LogP) is 4.15. The number of hydrogen-bond acceptors (Lipinski definition) is 3. The largest absolute Gasteiger partial charge is 0.468 e. The number of alkyl halides is 3. The van der Waals surface area contributed by atoms with Crippen LogP contribution in [0.15, 0.2) is 47.1 Å². The van der Waals surface area contributed by atoms with Crippen LogP contribution in [-0.2, 0) is 6.54 Å². The molecular formula is C14H12Cl4N2O2. The number of amides is 1. The predicted molar refractivity (Wildman–Crippen MR) is 88.5 cm³/mol. The summed E-state index contributed by atoms with van der Waals surface area (Å²) in [7, 11) is 0. The third-order valence-electron chi connectivity index (χ3n) is 2.77. The Labute approximate surface area is 147 Å². The Balaban J connectivity index is 2.03. The molecule has 0 aliphatic carbocycles. The summed E-state index contributed by atoms with van der Waals surface area (Å²) in [5.74, 6) is 0.264. The van der Waals surface area contributed by atoms with Gasteiger partial charge >= 0.3 is 0 Å². The molecule has 1 atom stereocenters. The average molecular weight is 382 g/mol. The molecule has 0 radical (unpaired) electrons. The molecule has 1 unspecified atom stereocenters. The van der Waals surface area contributed by atoms with Gasteiger partial charge in [0.15, 0.2) is 0 Å². The van der Waals surface area contributed by atoms with E-state index in [2.05, 4.69) is 10.6 Å².